The number of rotatable bonds is 12. The molecule has 0 aromatic heterocycles. The number of aliphatic hydroxyl groups excluding tert-OH is 1. The van der Waals surface area contributed by atoms with E-state index in [0.29, 0.717) is 61.3 Å². The van der Waals surface area contributed by atoms with Crippen molar-refractivity contribution in [2.45, 2.75) is 33.2 Å². The molecule has 1 amide bonds. The van der Waals surface area contributed by atoms with Crippen LogP contribution < -0.4 is 14.2 Å². The average Bonchev–Trinajstić information content (AvgIpc) is 3.12. The van der Waals surface area contributed by atoms with Crippen LogP contribution in [0.1, 0.15) is 44.4 Å². The van der Waals surface area contributed by atoms with Crippen LogP contribution in [-0.2, 0) is 9.59 Å². The van der Waals surface area contributed by atoms with Gasteiger partial charge in [0.05, 0.1) is 31.4 Å². The fraction of sp³-hybridized carbons (Fsp3) is 0.429. The summed E-state index contributed by atoms with van der Waals surface area (Å²) in [6, 6.07) is 11.4. The first kappa shape index (κ1) is 27.1. The molecule has 8 nitrogen and oxygen atoms in total. The molecule has 1 heterocycles. The van der Waals surface area contributed by atoms with Gasteiger partial charge in [-0.3, -0.25) is 9.59 Å². The van der Waals surface area contributed by atoms with E-state index in [1.165, 1.54) is 4.90 Å². The Morgan fingerprint density at radius 1 is 0.944 bits per heavy atom. The fourth-order valence-corrected chi connectivity index (χ4v) is 4.09. The van der Waals surface area contributed by atoms with E-state index >= 15 is 0 Å². The minimum Gasteiger partial charge on any atom is -0.507 e. The Morgan fingerprint density at radius 2 is 1.64 bits per heavy atom. The van der Waals surface area contributed by atoms with Crippen LogP contribution in [0.25, 0.3) is 5.76 Å². The Labute approximate surface area is 213 Å². The second-order valence-corrected chi connectivity index (χ2v) is 8.74. The highest BCUT2D eigenvalue weighted by atomic mass is 16.5. The summed E-state index contributed by atoms with van der Waals surface area (Å²) in [5.41, 5.74) is 1.14. The molecule has 8 heteroatoms. The zero-order valence-electron chi connectivity index (χ0n) is 21.7. The molecule has 0 radical (unpaired) electrons. The maximum absolute atomic E-state index is 13.2. The molecule has 0 bridgehead atoms. The number of hydrogen-bond acceptors (Lipinski definition) is 7. The number of amides is 1. The molecule has 1 aliphatic heterocycles. The van der Waals surface area contributed by atoms with Crippen molar-refractivity contribution in [3.63, 3.8) is 0 Å². The van der Waals surface area contributed by atoms with E-state index in [-0.39, 0.29) is 11.3 Å². The Balaban J connectivity index is 2.12. The summed E-state index contributed by atoms with van der Waals surface area (Å²) < 4.78 is 17.1. The van der Waals surface area contributed by atoms with E-state index in [1.807, 2.05) is 45.8 Å². The minimum atomic E-state index is -0.768. The van der Waals surface area contributed by atoms with Crippen LogP contribution in [0.15, 0.2) is 48.0 Å². The van der Waals surface area contributed by atoms with Gasteiger partial charge in [0.1, 0.15) is 11.5 Å². The predicted octanol–water partition coefficient (Wildman–Crippen LogP) is 4.26. The molecule has 1 unspecified atom stereocenters. The molecule has 1 aliphatic rings. The summed E-state index contributed by atoms with van der Waals surface area (Å²) in [7, 11) is 3.80. The number of likely N-dealkylation sites (N-methyl/N-ethyl adjacent to an activating group) is 1. The molecule has 0 aliphatic carbocycles. The smallest absolute Gasteiger partial charge is 0.295 e. The van der Waals surface area contributed by atoms with Crippen LogP contribution in [0.2, 0.25) is 0 Å². The average molecular weight is 497 g/mol. The summed E-state index contributed by atoms with van der Waals surface area (Å²) in [6.45, 7) is 8.15. The van der Waals surface area contributed by atoms with Crippen molar-refractivity contribution in [1.29, 1.82) is 0 Å². The van der Waals surface area contributed by atoms with Gasteiger partial charge in [-0.1, -0.05) is 13.0 Å². The highest BCUT2D eigenvalue weighted by molar-refractivity contribution is 6.46. The Kier molecular flexibility index (Phi) is 9.36. The number of nitrogens with zero attached hydrogens (tertiary/aromatic N) is 2. The van der Waals surface area contributed by atoms with Crippen LogP contribution >= 0.6 is 0 Å². The third-order valence-corrected chi connectivity index (χ3v) is 5.81. The number of likely N-dealkylation sites (tertiary alicyclic amines) is 1. The van der Waals surface area contributed by atoms with Crippen LogP contribution in [-0.4, -0.2) is 73.6 Å². The molecule has 1 N–H and O–H groups in total. The summed E-state index contributed by atoms with van der Waals surface area (Å²) in [5, 5.41) is 11.3. The topological polar surface area (TPSA) is 88.5 Å². The van der Waals surface area contributed by atoms with Gasteiger partial charge in [-0.15, -0.1) is 0 Å². The molecule has 3 rings (SSSR count). The predicted molar refractivity (Wildman–Crippen MR) is 139 cm³/mol. The van der Waals surface area contributed by atoms with Gasteiger partial charge in [0, 0.05) is 18.7 Å². The minimum absolute atomic E-state index is 0.0487. The Hall–Kier alpha value is -3.52. The van der Waals surface area contributed by atoms with Gasteiger partial charge >= 0.3 is 0 Å². The van der Waals surface area contributed by atoms with Gasteiger partial charge in [0.15, 0.2) is 11.5 Å². The van der Waals surface area contributed by atoms with Crippen LogP contribution in [0.3, 0.4) is 0 Å². The number of ketones is 1. The van der Waals surface area contributed by atoms with E-state index < -0.39 is 17.7 Å². The van der Waals surface area contributed by atoms with Crippen LogP contribution in [0, 0.1) is 0 Å². The second-order valence-electron chi connectivity index (χ2n) is 8.74. The van der Waals surface area contributed by atoms with E-state index in [2.05, 4.69) is 0 Å². The molecule has 2 aromatic rings. The largest absolute Gasteiger partial charge is 0.507 e. The molecule has 0 saturated carbocycles. The third-order valence-electron chi connectivity index (χ3n) is 5.81. The molecule has 1 fully saturated rings. The van der Waals surface area contributed by atoms with Crippen molar-refractivity contribution in [2.24, 2.45) is 0 Å². The number of carbonyl (C=O) groups excluding carboxylic acids is 2. The van der Waals surface area contributed by atoms with Gasteiger partial charge in [0.25, 0.3) is 11.7 Å². The quantitative estimate of drug-likeness (QED) is 0.267. The number of aliphatic hydroxyl groups is 1. The normalized spacial score (nSPS) is 17.1. The highest BCUT2D eigenvalue weighted by Crippen LogP contribution is 2.42. The first-order valence-corrected chi connectivity index (χ1v) is 12.4. The molecule has 0 spiro atoms. The standard InChI is InChI=1S/C28H36N2O6/c1-6-17-36-22-14-11-20(18-23(22)35-8-3)25-24(27(32)28(33)30(25)16-15-29(4)5)26(31)19-9-12-21(13-10-19)34-7-2/h9-14,18,25,31H,6-8,15-17H2,1-5H3/b26-24+. The van der Waals surface area contributed by atoms with Gasteiger partial charge in [0.2, 0.25) is 0 Å². The van der Waals surface area contributed by atoms with Gasteiger partial charge in [-0.05, 0) is 76.3 Å². The molecular weight excluding hydrogens is 460 g/mol. The van der Waals surface area contributed by atoms with Gasteiger partial charge in [-0.2, -0.15) is 0 Å². The number of Topliss-reactive ketones (excluding diaryl/α,β-unsaturated/α-hetero) is 1. The molecule has 1 atom stereocenters. The lowest BCUT2D eigenvalue weighted by molar-refractivity contribution is -0.140. The number of ether oxygens (including phenoxy) is 3. The van der Waals surface area contributed by atoms with E-state index in [9.17, 15) is 14.7 Å². The van der Waals surface area contributed by atoms with E-state index in [0.717, 1.165) is 6.42 Å². The maximum atomic E-state index is 13.2. The Bertz CT molecular complexity index is 1090. The lowest BCUT2D eigenvalue weighted by atomic mass is 9.95. The summed E-state index contributed by atoms with van der Waals surface area (Å²) in [4.78, 5) is 29.8. The van der Waals surface area contributed by atoms with Crippen LogP contribution in [0.5, 0.6) is 17.2 Å². The van der Waals surface area contributed by atoms with Crippen molar-refractivity contribution < 1.29 is 28.9 Å². The monoisotopic (exact) mass is 496 g/mol. The van der Waals surface area contributed by atoms with Crippen molar-refractivity contribution >= 4 is 17.4 Å². The molecular formula is C28H36N2O6. The first-order valence-electron chi connectivity index (χ1n) is 12.4. The number of hydrogen-bond donors (Lipinski definition) is 1. The SMILES string of the molecule is CCCOc1ccc(C2/C(=C(\O)c3ccc(OCC)cc3)C(=O)C(=O)N2CCN(C)C)cc1OCC. The van der Waals surface area contributed by atoms with Crippen molar-refractivity contribution in [3.05, 3.63) is 59.2 Å². The number of carbonyl (C=O) groups is 2. The van der Waals surface area contributed by atoms with Gasteiger partial charge < -0.3 is 29.1 Å². The van der Waals surface area contributed by atoms with E-state index in [1.54, 1.807) is 36.4 Å². The lowest BCUT2D eigenvalue weighted by Crippen LogP contribution is -2.35. The Morgan fingerprint density at radius 3 is 2.25 bits per heavy atom. The van der Waals surface area contributed by atoms with E-state index in [4.69, 9.17) is 14.2 Å². The molecule has 194 valence electrons. The van der Waals surface area contributed by atoms with Crippen LogP contribution in [0.4, 0.5) is 0 Å². The third kappa shape index (κ3) is 5.99. The lowest BCUT2D eigenvalue weighted by Gasteiger charge is -2.27. The number of benzene rings is 2. The van der Waals surface area contributed by atoms with Crippen molar-refractivity contribution in [3.8, 4) is 17.2 Å². The maximum Gasteiger partial charge on any atom is 0.295 e. The summed E-state index contributed by atoms with van der Waals surface area (Å²) in [6.07, 6.45) is 0.847. The summed E-state index contributed by atoms with van der Waals surface area (Å²) in [5.74, 6) is 0.203. The first-order chi connectivity index (χ1) is 17.3. The zero-order valence-corrected chi connectivity index (χ0v) is 21.7. The van der Waals surface area contributed by atoms with Gasteiger partial charge in [-0.25, -0.2) is 0 Å². The fourth-order valence-electron chi connectivity index (χ4n) is 4.09. The summed E-state index contributed by atoms with van der Waals surface area (Å²) >= 11 is 0. The molecule has 36 heavy (non-hydrogen) atoms. The molecule has 1 saturated heterocycles. The van der Waals surface area contributed by atoms with Crippen molar-refractivity contribution in [1.82, 2.24) is 9.80 Å². The van der Waals surface area contributed by atoms with Crippen molar-refractivity contribution in [2.75, 3.05) is 47.0 Å². The highest BCUT2D eigenvalue weighted by Gasteiger charge is 2.46. The molecule has 2 aromatic carbocycles. The zero-order chi connectivity index (χ0) is 26.2. The second kappa shape index (κ2) is 12.4.